The topological polar surface area (TPSA) is 68.3 Å². The molecule has 0 fully saturated rings. The molecule has 84 valence electrons. The van der Waals surface area contributed by atoms with Crippen molar-refractivity contribution >= 4 is 0 Å². The van der Waals surface area contributed by atoms with E-state index in [4.69, 9.17) is 20.5 Å². The molecule has 1 aromatic carbocycles. The van der Waals surface area contributed by atoms with Gasteiger partial charge in [-0.15, -0.1) is 0 Å². The summed E-state index contributed by atoms with van der Waals surface area (Å²) in [6.45, 7) is 3.89. The average Bonchev–Trinajstić information content (AvgIpc) is 2.74. The molecular weight excluding hydrogens is 204 g/mol. The van der Waals surface area contributed by atoms with E-state index in [9.17, 15) is 0 Å². The van der Waals surface area contributed by atoms with E-state index in [1.165, 1.54) is 0 Å². The molecule has 1 aromatic rings. The van der Waals surface area contributed by atoms with Gasteiger partial charge in [0.25, 0.3) is 0 Å². The van der Waals surface area contributed by atoms with Crippen molar-refractivity contribution in [1.29, 1.82) is 5.26 Å². The molecule has 0 saturated heterocycles. The van der Waals surface area contributed by atoms with Crippen LogP contribution in [0.5, 0.6) is 11.5 Å². The van der Waals surface area contributed by atoms with E-state index in [1.54, 1.807) is 0 Å². The molecule has 2 rings (SSSR count). The summed E-state index contributed by atoms with van der Waals surface area (Å²) in [5, 5.41) is 9.03. The van der Waals surface area contributed by atoms with Gasteiger partial charge in [-0.05, 0) is 31.5 Å². The monoisotopic (exact) mass is 218 g/mol. The molecule has 1 aliphatic rings. The first-order chi connectivity index (χ1) is 7.54. The van der Waals surface area contributed by atoms with Crippen molar-refractivity contribution in [2.24, 2.45) is 11.1 Å². The summed E-state index contributed by atoms with van der Waals surface area (Å²) in [6, 6.07) is 7.41. The van der Waals surface area contributed by atoms with Gasteiger partial charge in [0.15, 0.2) is 11.5 Å². The molecule has 16 heavy (non-hydrogen) atoms. The zero-order valence-electron chi connectivity index (χ0n) is 9.36. The number of ether oxygens (including phenoxy) is 2. The third kappa shape index (κ3) is 1.70. The van der Waals surface area contributed by atoms with Crippen LogP contribution in [0.1, 0.15) is 25.5 Å². The highest BCUT2D eigenvalue weighted by atomic mass is 16.7. The normalized spacial score (nSPS) is 15.6. The van der Waals surface area contributed by atoms with E-state index in [0.29, 0.717) is 5.75 Å². The minimum atomic E-state index is -0.603. The fourth-order valence-electron chi connectivity index (χ4n) is 1.59. The van der Waals surface area contributed by atoms with E-state index in [-0.39, 0.29) is 12.8 Å². The predicted molar refractivity (Wildman–Crippen MR) is 58.9 cm³/mol. The molecule has 0 amide bonds. The molecule has 4 heteroatoms. The summed E-state index contributed by atoms with van der Waals surface area (Å²) < 4.78 is 10.5. The van der Waals surface area contributed by atoms with Crippen molar-refractivity contribution in [2.45, 2.75) is 19.9 Å². The second-order valence-electron chi connectivity index (χ2n) is 4.42. The molecule has 1 heterocycles. The standard InChI is InChI=1S/C12H14N2O2/c1-12(2,6-13)11(14)8-3-4-9-10(5-8)16-7-15-9/h3-5,11H,7,14H2,1-2H3. The number of hydrogen-bond acceptors (Lipinski definition) is 4. The van der Waals surface area contributed by atoms with Crippen LogP contribution in [0.4, 0.5) is 0 Å². The Labute approximate surface area is 94.6 Å². The molecule has 0 aromatic heterocycles. The Balaban J connectivity index is 2.32. The van der Waals surface area contributed by atoms with Crippen LogP contribution in [-0.4, -0.2) is 6.79 Å². The minimum Gasteiger partial charge on any atom is -0.454 e. The molecular formula is C12H14N2O2. The second kappa shape index (κ2) is 3.69. The second-order valence-corrected chi connectivity index (χ2v) is 4.42. The number of fused-ring (bicyclic) bond motifs is 1. The van der Waals surface area contributed by atoms with Crippen molar-refractivity contribution < 1.29 is 9.47 Å². The van der Waals surface area contributed by atoms with Gasteiger partial charge in [-0.2, -0.15) is 5.26 Å². The first-order valence-electron chi connectivity index (χ1n) is 5.11. The van der Waals surface area contributed by atoms with Crippen molar-refractivity contribution in [3.05, 3.63) is 23.8 Å². The SMILES string of the molecule is CC(C)(C#N)C(N)c1ccc2c(c1)OCO2. The number of benzene rings is 1. The summed E-state index contributed by atoms with van der Waals surface area (Å²) in [5.41, 5.74) is 6.34. The summed E-state index contributed by atoms with van der Waals surface area (Å²) in [6.07, 6.45) is 0. The molecule has 1 aliphatic heterocycles. The van der Waals surface area contributed by atoms with Gasteiger partial charge in [-0.25, -0.2) is 0 Å². The Morgan fingerprint density at radius 2 is 2.06 bits per heavy atom. The van der Waals surface area contributed by atoms with Crippen LogP contribution in [-0.2, 0) is 0 Å². The third-order valence-electron chi connectivity index (χ3n) is 2.82. The maximum Gasteiger partial charge on any atom is 0.231 e. The lowest BCUT2D eigenvalue weighted by molar-refractivity contribution is 0.174. The van der Waals surface area contributed by atoms with Crippen molar-refractivity contribution in [2.75, 3.05) is 6.79 Å². The molecule has 0 bridgehead atoms. The fraction of sp³-hybridized carbons (Fsp3) is 0.417. The highest BCUT2D eigenvalue weighted by Crippen LogP contribution is 2.37. The van der Waals surface area contributed by atoms with Gasteiger partial charge in [-0.3, -0.25) is 0 Å². The Kier molecular flexibility index (Phi) is 2.49. The predicted octanol–water partition coefficient (Wildman–Crippen LogP) is 1.96. The molecule has 2 N–H and O–H groups in total. The van der Waals surface area contributed by atoms with Crippen LogP contribution in [0.15, 0.2) is 18.2 Å². The molecule has 1 unspecified atom stereocenters. The lowest BCUT2D eigenvalue weighted by Gasteiger charge is -2.24. The molecule has 0 saturated carbocycles. The van der Waals surface area contributed by atoms with Crippen LogP contribution >= 0.6 is 0 Å². The number of nitriles is 1. The minimum absolute atomic E-state index is 0.246. The highest BCUT2D eigenvalue weighted by molar-refractivity contribution is 5.45. The number of rotatable bonds is 2. The van der Waals surface area contributed by atoms with Crippen LogP contribution in [0.2, 0.25) is 0 Å². The lowest BCUT2D eigenvalue weighted by atomic mass is 9.82. The van der Waals surface area contributed by atoms with E-state index in [0.717, 1.165) is 11.3 Å². The molecule has 0 radical (unpaired) electrons. The van der Waals surface area contributed by atoms with Gasteiger partial charge >= 0.3 is 0 Å². The quantitative estimate of drug-likeness (QED) is 0.823. The van der Waals surface area contributed by atoms with Crippen molar-refractivity contribution in [3.63, 3.8) is 0 Å². The number of hydrogen-bond donors (Lipinski definition) is 1. The van der Waals surface area contributed by atoms with Gasteiger partial charge in [0.1, 0.15) is 0 Å². The van der Waals surface area contributed by atoms with Crippen LogP contribution < -0.4 is 15.2 Å². The van der Waals surface area contributed by atoms with Gasteiger partial charge in [-0.1, -0.05) is 6.07 Å². The van der Waals surface area contributed by atoms with E-state index in [1.807, 2.05) is 32.0 Å². The summed E-state index contributed by atoms with van der Waals surface area (Å²) in [5.74, 6) is 1.42. The Bertz CT molecular complexity index is 449. The van der Waals surface area contributed by atoms with Gasteiger partial charge in [0.05, 0.1) is 11.5 Å². The van der Waals surface area contributed by atoms with Crippen LogP contribution in [0.25, 0.3) is 0 Å². The van der Waals surface area contributed by atoms with E-state index >= 15 is 0 Å². The van der Waals surface area contributed by atoms with Crippen LogP contribution in [0, 0.1) is 16.7 Å². The van der Waals surface area contributed by atoms with Crippen LogP contribution in [0.3, 0.4) is 0 Å². The van der Waals surface area contributed by atoms with Gasteiger partial charge in [0.2, 0.25) is 6.79 Å². The summed E-state index contributed by atoms with van der Waals surface area (Å²) in [4.78, 5) is 0. The molecule has 1 atom stereocenters. The summed E-state index contributed by atoms with van der Waals surface area (Å²) in [7, 11) is 0. The maximum absolute atomic E-state index is 9.03. The first-order valence-corrected chi connectivity index (χ1v) is 5.11. The Morgan fingerprint density at radius 1 is 1.38 bits per heavy atom. The van der Waals surface area contributed by atoms with Gasteiger partial charge < -0.3 is 15.2 Å². The van der Waals surface area contributed by atoms with Gasteiger partial charge in [0, 0.05) is 6.04 Å². The molecule has 4 nitrogen and oxygen atoms in total. The van der Waals surface area contributed by atoms with E-state index in [2.05, 4.69) is 6.07 Å². The summed E-state index contributed by atoms with van der Waals surface area (Å²) >= 11 is 0. The number of nitrogens with two attached hydrogens (primary N) is 1. The fourth-order valence-corrected chi connectivity index (χ4v) is 1.59. The average molecular weight is 218 g/mol. The Hall–Kier alpha value is -1.73. The zero-order chi connectivity index (χ0) is 11.8. The lowest BCUT2D eigenvalue weighted by Crippen LogP contribution is -2.27. The molecule has 0 aliphatic carbocycles. The zero-order valence-corrected chi connectivity index (χ0v) is 9.36. The molecule has 0 spiro atoms. The number of nitrogens with zero attached hydrogens (tertiary/aromatic N) is 1. The Morgan fingerprint density at radius 3 is 2.75 bits per heavy atom. The third-order valence-corrected chi connectivity index (χ3v) is 2.82. The van der Waals surface area contributed by atoms with Crippen molar-refractivity contribution in [3.8, 4) is 17.6 Å². The van der Waals surface area contributed by atoms with E-state index < -0.39 is 5.41 Å². The maximum atomic E-state index is 9.03. The smallest absolute Gasteiger partial charge is 0.231 e. The van der Waals surface area contributed by atoms with Crippen molar-refractivity contribution in [1.82, 2.24) is 0 Å². The first kappa shape index (κ1) is 10.8. The highest BCUT2D eigenvalue weighted by Gasteiger charge is 2.28. The largest absolute Gasteiger partial charge is 0.454 e.